The van der Waals surface area contributed by atoms with Crippen molar-refractivity contribution in [1.29, 1.82) is 0 Å². The van der Waals surface area contributed by atoms with Gasteiger partial charge in [0, 0.05) is 12.2 Å². The Morgan fingerprint density at radius 2 is 2.50 bits per heavy atom. The van der Waals surface area contributed by atoms with Gasteiger partial charge in [0.2, 0.25) is 0 Å². The number of benzene rings is 1. The fourth-order valence-corrected chi connectivity index (χ4v) is 1.33. The van der Waals surface area contributed by atoms with Crippen molar-refractivity contribution in [1.82, 2.24) is 0 Å². The van der Waals surface area contributed by atoms with Crippen molar-refractivity contribution in [2.75, 3.05) is 11.9 Å². The van der Waals surface area contributed by atoms with Gasteiger partial charge >= 0.3 is 0 Å². The van der Waals surface area contributed by atoms with Gasteiger partial charge < -0.3 is 5.32 Å². The van der Waals surface area contributed by atoms with Gasteiger partial charge in [0.05, 0.1) is 0 Å². The number of nitrogens with one attached hydrogen (secondary N) is 1. The van der Waals surface area contributed by atoms with E-state index in [2.05, 4.69) is 17.4 Å². The molecule has 51 valence electrons. The zero-order valence-electron chi connectivity index (χ0n) is 5.85. The third-order valence-electron chi connectivity index (χ3n) is 1.86. The van der Waals surface area contributed by atoms with Gasteiger partial charge in [0.15, 0.2) is 0 Å². The lowest BCUT2D eigenvalue weighted by molar-refractivity contribution is 0.829. The summed E-state index contributed by atoms with van der Waals surface area (Å²) >= 11 is 0. The molecule has 0 atom stereocenters. The van der Waals surface area contributed by atoms with Crippen LogP contribution in [-0.4, -0.2) is 6.54 Å². The first kappa shape index (κ1) is 5.78. The fourth-order valence-electron chi connectivity index (χ4n) is 1.33. The third-order valence-corrected chi connectivity index (χ3v) is 1.86. The fraction of sp³-hybridized carbons (Fsp3) is 0.333. The maximum absolute atomic E-state index is 3.33. The molecule has 1 heterocycles. The second kappa shape index (κ2) is 2.33. The number of hydrogen-bond donors (Lipinski definition) is 1. The summed E-state index contributed by atoms with van der Waals surface area (Å²) in [7, 11) is 0. The lowest BCUT2D eigenvalue weighted by Gasteiger charge is -2.16. The molecule has 1 aromatic carbocycles. The normalized spacial score (nSPS) is 15.6. The first-order chi connectivity index (χ1) is 4.97. The van der Waals surface area contributed by atoms with Gasteiger partial charge in [-0.3, -0.25) is 0 Å². The zero-order valence-corrected chi connectivity index (χ0v) is 5.85. The Balaban J connectivity index is 2.41. The summed E-state index contributed by atoms with van der Waals surface area (Å²) in [5.41, 5.74) is 2.61. The minimum Gasteiger partial charge on any atom is -0.385 e. The summed E-state index contributed by atoms with van der Waals surface area (Å²) in [5.74, 6) is 0. The molecule has 0 saturated heterocycles. The Kier molecular flexibility index (Phi) is 1.35. The van der Waals surface area contributed by atoms with Crippen molar-refractivity contribution in [3.63, 3.8) is 0 Å². The van der Waals surface area contributed by atoms with Crippen molar-refractivity contribution in [2.45, 2.75) is 12.8 Å². The monoisotopic (exact) mass is 132 g/mol. The molecule has 10 heavy (non-hydrogen) atoms. The molecular weight excluding hydrogens is 122 g/mol. The Bertz CT molecular complexity index is 205. The molecule has 0 spiro atoms. The average Bonchev–Trinajstić information content (AvgIpc) is 2.05. The van der Waals surface area contributed by atoms with Gasteiger partial charge in [-0.05, 0) is 30.5 Å². The highest BCUT2D eigenvalue weighted by molar-refractivity contribution is 5.51. The highest BCUT2D eigenvalue weighted by atomic mass is 14.9. The van der Waals surface area contributed by atoms with E-state index in [4.69, 9.17) is 0 Å². The van der Waals surface area contributed by atoms with Crippen molar-refractivity contribution in [3.8, 4) is 0 Å². The van der Waals surface area contributed by atoms with Crippen LogP contribution in [-0.2, 0) is 6.42 Å². The third kappa shape index (κ3) is 0.878. The predicted molar refractivity (Wildman–Crippen MR) is 42.1 cm³/mol. The number of aryl methyl sites for hydroxylation is 1. The van der Waals surface area contributed by atoms with Gasteiger partial charge in [0.25, 0.3) is 0 Å². The molecule has 1 radical (unpaired) electrons. The van der Waals surface area contributed by atoms with Gasteiger partial charge in [-0.1, -0.05) is 12.1 Å². The maximum Gasteiger partial charge on any atom is 0.0378 e. The average molecular weight is 132 g/mol. The molecule has 1 aliphatic heterocycles. The van der Waals surface area contributed by atoms with E-state index in [1.165, 1.54) is 24.1 Å². The van der Waals surface area contributed by atoms with Crippen LogP contribution >= 0.6 is 0 Å². The topological polar surface area (TPSA) is 12.0 Å². The Morgan fingerprint density at radius 3 is 3.40 bits per heavy atom. The minimum atomic E-state index is 1.12. The molecule has 1 aromatic rings. The van der Waals surface area contributed by atoms with Gasteiger partial charge in [-0.25, -0.2) is 0 Å². The van der Waals surface area contributed by atoms with Crippen LogP contribution in [0.1, 0.15) is 12.0 Å². The van der Waals surface area contributed by atoms with Crippen LogP contribution in [0.2, 0.25) is 0 Å². The standard InChI is InChI=1S/C9H10N/c1-2-6-9-8(4-1)5-3-7-10-9/h1-2,6,10H,3,5,7H2. The second-order valence-electron chi connectivity index (χ2n) is 2.59. The molecule has 1 heteroatoms. The second-order valence-corrected chi connectivity index (χ2v) is 2.59. The molecule has 1 nitrogen and oxygen atoms in total. The molecule has 0 aliphatic carbocycles. The molecule has 0 fully saturated rings. The molecule has 0 unspecified atom stereocenters. The molecule has 1 aliphatic rings. The SMILES string of the molecule is [c]1cccc2c1CCCN2. The molecule has 0 aromatic heterocycles. The van der Waals surface area contributed by atoms with Crippen LogP contribution in [0.15, 0.2) is 18.2 Å². The zero-order chi connectivity index (χ0) is 6.81. The predicted octanol–water partition coefficient (Wildman–Crippen LogP) is 1.84. The summed E-state index contributed by atoms with van der Waals surface area (Å²) in [6, 6.07) is 9.35. The molecule has 1 N–H and O–H groups in total. The summed E-state index contributed by atoms with van der Waals surface area (Å²) in [6.07, 6.45) is 2.43. The molecule has 0 bridgehead atoms. The Hall–Kier alpha value is -0.980. The van der Waals surface area contributed by atoms with Gasteiger partial charge in [-0.2, -0.15) is 0 Å². The summed E-state index contributed by atoms with van der Waals surface area (Å²) in [6.45, 7) is 1.12. The van der Waals surface area contributed by atoms with E-state index in [0.29, 0.717) is 0 Å². The van der Waals surface area contributed by atoms with Crippen LogP contribution in [0.3, 0.4) is 0 Å². The van der Waals surface area contributed by atoms with E-state index in [0.717, 1.165) is 6.54 Å². The van der Waals surface area contributed by atoms with Crippen LogP contribution < -0.4 is 5.32 Å². The number of rotatable bonds is 0. The highest BCUT2D eigenvalue weighted by Gasteiger charge is 2.05. The minimum absolute atomic E-state index is 1.12. The van der Waals surface area contributed by atoms with E-state index >= 15 is 0 Å². The first-order valence-electron chi connectivity index (χ1n) is 3.70. The van der Waals surface area contributed by atoms with E-state index < -0.39 is 0 Å². The Morgan fingerprint density at radius 1 is 1.50 bits per heavy atom. The van der Waals surface area contributed by atoms with E-state index in [1.54, 1.807) is 0 Å². The molecular formula is C9H10N. The smallest absolute Gasteiger partial charge is 0.0378 e. The summed E-state index contributed by atoms with van der Waals surface area (Å²) in [4.78, 5) is 0. The van der Waals surface area contributed by atoms with E-state index in [1.807, 2.05) is 12.1 Å². The van der Waals surface area contributed by atoms with Gasteiger partial charge in [0.1, 0.15) is 0 Å². The lowest BCUT2D eigenvalue weighted by atomic mass is 10.0. The highest BCUT2D eigenvalue weighted by Crippen LogP contribution is 2.19. The van der Waals surface area contributed by atoms with Crippen molar-refractivity contribution in [2.24, 2.45) is 0 Å². The van der Waals surface area contributed by atoms with Crippen molar-refractivity contribution < 1.29 is 0 Å². The summed E-state index contributed by atoms with van der Waals surface area (Å²) < 4.78 is 0. The molecule has 0 saturated carbocycles. The largest absolute Gasteiger partial charge is 0.385 e. The summed E-state index contributed by atoms with van der Waals surface area (Å²) in [5, 5.41) is 3.33. The van der Waals surface area contributed by atoms with Crippen molar-refractivity contribution in [3.05, 3.63) is 29.8 Å². The quantitative estimate of drug-likeness (QED) is 0.568. The van der Waals surface area contributed by atoms with E-state index in [9.17, 15) is 0 Å². The van der Waals surface area contributed by atoms with E-state index in [-0.39, 0.29) is 0 Å². The molecule has 0 amide bonds. The van der Waals surface area contributed by atoms with Crippen LogP contribution in [0, 0.1) is 6.07 Å². The first-order valence-corrected chi connectivity index (χ1v) is 3.70. The van der Waals surface area contributed by atoms with Gasteiger partial charge in [-0.15, -0.1) is 0 Å². The number of fused-ring (bicyclic) bond motifs is 1. The number of anilines is 1. The Labute approximate surface area is 61.1 Å². The lowest BCUT2D eigenvalue weighted by Crippen LogP contribution is -2.10. The van der Waals surface area contributed by atoms with Crippen LogP contribution in [0.25, 0.3) is 0 Å². The maximum atomic E-state index is 3.33. The molecule has 2 rings (SSSR count). The van der Waals surface area contributed by atoms with Crippen LogP contribution in [0.4, 0.5) is 5.69 Å². The van der Waals surface area contributed by atoms with Crippen LogP contribution in [0.5, 0.6) is 0 Å². The number of hydrogen-bond acceptors (Lipinski definition) is 1. The van der Waals surface area contributed by atoms with Crippen molar-refractivity contribution >= 4 is 5.69 Å².